The normalized spacial score (nSPS) is 19.6. The minimum Gasteiger partial charge on any atom is -0.375 e. The van der Waals surface area contributed by atoms with Crippen LogP contribution in [0.1, 0.15) is 66.2 Å². The van der Waals surface area contributed by atoms with Gasteiger partial charge in [-0.25, -0.2) is 0 Å². The number of hydrogen-bond acceptors (Lipinski definition) is 1. The Balaban J connectivity index is 2.22. The number of rotatable bonds is 7. The first kappa shape index (κ1) is 13.0. The number of ether oxygens (including phenoxy) is 1. The smallest absolute Gasteiger partial charge is 0.0606 e. The van der Waals surface area contributed by atoms with Crippen molar-refractivity contribution >= 4 is 0 Å². The minimum atomic E-state index is 0.398. The quantitative estimate of drug-likeness (QED) is 0.607. The molecule has 0 aromatic carbocycles. The van der Waals surface area contributed by atoms with Crippen LogP contribution in [0, 0.1) is 11.8 Å². The molecule has 0 bridgehead atoms. The lowest BCUT2D eigenvalue weighted by Gasteiger charge is -2.35. The Morgan fingerprint density at radius 1 is 1.07 bits per heavy atom. The molecule has 0 aromatic rings. The van der Waals surface area contributed by atoms with Gasteiger partial charge in [0.1, 0.15) is 0 Å². The van der Waals surface area contributed by atoms with Gasteiger partial charge in [0.05, 0.1) is 12.2 Å². The molecular weight excluding hydrogens is 184 g/mol. The summed E-state index contributed by atoms with van der Waals surface area (Å²) in [7, 11) is 0. The average Bonchev–Trinajstić information content (AvgIpc) is 1.98. The van der Waals surface area contributed by atoms with Gasteiger partial charge in [0, 0.05) is 0 Å². The predicted octanol–water partition coefficient (Wildman–Crippen LogP) is 4.41. The van der Waals surface area contributed by atoms with E-state index in [2.05, 4.69) is 27.7 Å². The molecule has 0 spiro atoms. The summed E-state index contributed by atoms with van der Waals surface area (Å²) in [6, 6.07) is 0. The van der Waals surface area contributed by atoms with E-state index in [1.165, 1.54) is 38.5 Å². The second kappa shape index (κ2) is 6.52. The first-order chi connectivity index (χ1) is 7.09. The molecule has 0 unspecified atom stereocenters. The molecule has 1 fully saturated rings. The third-order valence-electron chi connectivity index (χ3n) is 3.39. The molecule has 1 aliphatic carbocycles. The Morgan fingerprint density at radius 3 is 2.13 bits per heavy atom. The van der Waals surface area contributed by atoms with E-state index in [4.69, 9.17) is 4.74 Å². The maximum absolute atomic E-state index is 6.04. The highest BCUT2D eigenvalue weighted by Crippen LogP contribution is 2.34. The summed E-state index contributed by atoms with van der Waals surface area (Å²) < 4.78 is 6.04. The Morgan fingerprint density at radius 2 is 1.73 bits per heavy atom. The van der Waals surface area contributed by atoms with E-state index in [9.17, 15) is 0 Å². The van der Waals surface area contributed by atoms with Gasteiger partial charge < -0.3 is 4.74 Å². The Kier molecular flexibility index (Phi) is 5.66. The van der Waals surface area contributed by atoms with E-state index in [1.807, 2.05) is 0 Å². The van der Waals surface area contributed by atoms with Gasteiger partial charge in [-0.2, -0.15) is 0 Å². The molecule has 0 saturated heterocycles. The summed E-state index contributed by atoms with van der Waals surface area (Å²) in [5.41, 5.74) is 0. The molecule has 1 atom stereocenters. The van der Waals surface area contributed by atoms with Gasteiger partial charge in [-0.1, -0.05) is 33.1 Å². The van der Waals surface area contributed by atoms with Crippen LogP contribution in [0.4, 0.5) is 0 Å². The summed E-state index contributed by atoms with van der Waals surface area (Å²) in [5.74, 6) is 1.71. The summed E-state index contributed by atoms with van der Waals surface area (Å²) in [6.07, 6.45) is 9.15. The van der Waals surface area contributed by atoms with Crippen LogP contribution >= 0.6 is 0 Å². The fourth-order valence-electron chi connectivity index (χ4n) is 2.30. The van der Waals surface area contributed by atoms with Crippen molar-refractivity contribution in [2.75, 3.05) is 0 Å². The van der Waals surface area contributed by atoms with Gasteiger partial charge in [0.15, 0.2) is 0 Å². The highest BCUT2D eigenvalue weighted by molar-refractivity contribution is 4.78. The highest BCUT2D eigenvalue weighted by Gasteiger charge is 2.28. The predicted molar refractivity (Wildman–Crippen MR) is 66.0 cm³/mol. The third kappa shape index (κ3) is 5.01. The van der Waals surface area contributed by atoms with Gasteiger partial charge in [0.2, 0.25) is 0 Å². The summed E-state index contributed by atoms with van der Waals surface area (Å²) in [4.78, 5) is 0. The molecule has 90 valence electrons. The van der Waals surface area contributed by atoms with Gasteiger partial charge >= 0.3 is 0 Å². The van der Waals surface area contributed by atoms with Gasteiger partial charge in [-0.3, -0.25) is 0 Å². The van der Waals surface area contributed by atoms with E-state index in [-0.39, 0.29) is 0 Å². The third-order valence-corrected chi connectivity index (χ3v) is 3.39. The van der Waals surface area contributed by atoms with Crippen LogP contribution in [-0.4, -0.2) is 12.2 Å². The molecule has 1 aliphatic rings. The monoisotopic (exact) mass is 212 g/mol. The van der Waals surface area contributed by atoms with E-state index in [0.29, 0.717) is 12.2 Å². The summed E-state index contributed by atoms with van der Waals surface area (Å²) in [5, 5.41) is 0. The van der Waals surface area contributed by atoms with Gasteiger partial charge in [-0.15, -0.1) is 0 Å². The van der Waals surface area contributed by atoms with Crippen LogP contribution in [-0.2, 0) is 4.74 Å². The zero-order valence-electron chi connectivity index (χ0n) is 11.0. The second-order valence-electron chi connectivity index (χ2n) is 5.74. The lowest BCUT2D eigenvalue weighted by Crippen LogP contribution is -2.31. The van der Waals surface area contributed by atoms with Crippen LogP contribution in [0.2, 0.25) is 0 Å². The SMILES string of the molecule is CC(C)CCC[C@H](OC(C)C)C1CCC1. The summed E-state index contributed by atoms with van der Waals surface area (Å²) >= 11 is 0. The van der Waals surface area contributed by atoms with Gasteiger partial charge in [-0.05, 0) is 44.9 Å². The lowest BCUT2D eigenvalue weighted by molar-refractivity contribution is -0.0523. The van der Waals surface area contributed by atoms with Crippen molar-refractivity contribution in [2.45, 2.75) is 78.4 Å². The van der Waals surface area contributed by atoms with E-state index in [0.717, 1.165) is 11.8 Å². The van der Waals surface area contributed by atoms with Gasteiger partial charge in [0.25, 0.3) is 0 Å². The van der Waals surface area contributed by atoms with Crippen molar-refractivity contribution in [3.63, 3.8) is 0 Å². The molecule has 0 aliphatic heterocycles. The summed E-state index contributed by atoms with van der Waals surface area (Å²) in [6.45, 7) is 8.94. The molecule has 1 rings (SSSR count). The molecule has 0 amide bonds. The van der Waals surface area contributed by atoms with Crippen molar-refractivity contribution in [3.05, 3.63) is 0 Å². The van der Waals surface area contributed by atoms with Crippen molar-refractivity contribution in [1.82, 2.24) is 0 Å². The second-order valence-corrected chi connectivity index (χ2v) is 5.74. The fourth-order valence-corrected chi connectivity index (χ4v) is 2.30. The Bertz CT molecular complexity index is 159. The van der Waals surface area contributed by atoms with Crippen LogP contribution < -0.4 is 0 Å². The first-order valence-corrected chi connectivity index (χ1v) is 6.75. The molecule has 1 saturated carbocycles. The Labute approximate surface area is 95.6 Å². The van der Waals surface area contributed by atoms with E-state index < -0.39 is 0 Å². The molecule has 15 heavy (non-hydrogen) atoms. The topological polar surface area (TPSA) is 9.23 Å². The van der Waals surface area contributed by atoms with Crippen LogP contribution in [0.5, 0.6) is 0 Å². The first-order valence-electron chi connectivity index (χ1n) is 6.75. The molecule has 0 N–H and O–H groups in total. The molecule has 0 aromatic heterocycles. The number of hydrogen-bond donors (Lipinski definition) is 0. The van der Waals surface area contributed by atoms with Crippen molar-refractivity contribution in [1.29, 1.82) is 0 Å². The standard InChI is InChI=1S/C14H28O/c1-11(2)7-5-10-14(15-12(3)4)13-8-6-9-13/h11-14H,5-10H2,1-4H3/t14-/m0/s1. The average molecular weight is 212 g/mol. The highest BCUT2D eigenvalue weighted by atomic mass is 16.5. The van der Waals surface area contributed by atoms with Crippen molar-refractivity contribution in [2.24, 2.45) is 11.8 Å². The maximum Gasteiger partial charge on any atom is 0.0606 e. The zero-order valence-corrected chi connectivity index (χ0v) is 11.0. The maximum atomic E-state index is 6.04. The van der Waals surface area contributed by atoms with E-state index >= 15 is 0 Å². The largest absolute Gasteiger partial charge is 0.375 e. The van der Waals surface area contributed by atoms with Crippen LogP contribution in [0.15, 0.2) is 0 Å². The van der Waals surface area contributed by atoms with E-state index in [1.54, 1.807) is 0 Å². The van der Waals surface area contributed by atoms with Crippen LogP contribution in [0.25, 0.3) is 0 Å². The van der Waals surface area contributed by atoms with Crippen LogP contribution in [0.3, 0.4) is 0 Å². The molecular formula is C14H28O. The molecule has 0 radical (unpaired) electrons. The van der Waals surface area contributed by atoms with Crippen molar-refractivity contribution in [3.8, 4) is 0 Å². The van der Waals surface area contributed by atoms with Crippen molar-refractivity contribution < 1.29 is 4.74 Å². The molecule has 1 heteroatoms. The molecule has 1 nitrogen and oxygen atoms in total. The minimum absolute atomic E-state index is 0.398. The molecule has 0 heterocycles. The Hall–Kier alpha value is -0.0400. The zero-order chi connectivity index (χ0) is 11.3. The lowest BCUT2D eigenvalue weighted by atomic mass is 9.79. The fraction of sp³-hybridized carbons (Fsp3) is 1.00.